The van der Waals surface area contributed by atoms with Gasteiger partial charge in [-0.1, -0.05) is 0 Å². The summed E-state index contributed by atoms with van der Waals surface area (Å²) in [6, 6.07) is 3.91. The number of amides is 1. The Kier molecular flexibility index (Phi) is 5.91. The van der Waals surface area contributed by atoms with Gasteiger partial charge in [-0.2, -0.15) is 0 Å². The molecule has 0 radical (unpaired) electrons. The minimum absolute atomic E-state index is 0.0990. The number of carbonyl (C=O) groups excluding carboxylic acids is 1. The Balaban J connectivity index is 1.45. The van der Waals surface area contributed by atoms with E-state index in [9.17, 15) is 4.79 Å². The molecule has 136 valence electrons. The molecule has 0 saturated carbocycles. The van der Waals surface area contributed by atoms with Crippen LogP contribution >= 0.6 is 0 Å². The SMILES string of the molecule is CN(CCCc1nccn1C)C(=O)[C@@H]1CCCN(Cc2ccco2)C1. The second kappa shape index (κ2) is 8.34. The first-order valence-electron chi connectivity index (χ1n) is 9.09. The molecule has 0 aliphatic carbocycles. The van der Waals surface area contributed by atoms with Crippen LogP contribution in [-0.2, 0) is 24.8 Å². The molecule has 1 saturated heterocycles. The highest BCUT2D eigenvalue weighted by atomic mass is 16.3. The van der Waals surface area contributed by atoms with E-state index in [4.69, 9.17) is 4.42 Å². The number of imidazole rings is 1. The lowest BCUT2D eigenvalue weighted by atomic mass is 9.96. The number of carbonyl (C=O) groups is 1. The lowest BCUT2D eigenvalue weighted by molar-refractivity contribution is -0.136. The lowest BCUT2D eigenvalue weighted by Gasteiger charge is -2.33. The summed E-state index contributed by atoms with van der Waals surface area (Å²) in [4.78, 5) is 21.3. The van der Waals surface area contributed by atoms with Crippen LogP contribution in [0.1, 0.15) is 30.8 Å². The topological polar surface area (TPSA) is 54.5 Å². The smallest absolute Gasteiger partial charge is 0.226 e. The fourth-order valence-corrected chi connectivity index (χ4v) is 3.56. The predicted octanol–water partition coefficient (Wildman–Crippen LogP) is 2.32. The van der Waals surface area contributed by atoms with Gasteiger partial charge in [0.05, 0.1) is 18.7 Å². The van der Waals surface area contributed by atoms with Crippen molar-refractivity contribution in [1.29, 1.82) is 0 Å². The van der Waals surface area contributed by atoms with E-state index in [0.29, 0.717) is 0 Å². The molecule has 3 rings (SSSR count). The molecule has 1 fully saturated rings. The van der Waals surface area contributed by atoms with Crippen molar-refractivity contribution in [3.63, 3.8) is 0 Å². The van der Waals surface area contributed by atoms with Gasteiger partial charge < -0.3 is 13.9 Å². The summed E-state index contributed by atoms with van der Waals surface area (Å²) >= 11 is 0. The first-order valence-corrected chi connectivity index (χ1v) is 9.09. The van der Waals surface area contributed by atoms with Crippen LogP contribution in [0.2, 0.25) is 0 Å². The summed E-state index contributed by atoms with van der Waals surface area (Å²) in [7, 11) is 3.93. The maximum absolute atomic E-state index is 12.8. The quantitative estimate of drug-likeness (QED) is 0.773. The average Bonchev–Trinajstić information content (AvgIpc) is 3.26. The molecule has 1 aliphatic heterocycles. The second-order valence-electron chi connectivity index (χ2n) is 6.97. The fraction of sp³-hybridized carbons (Fsp3) is 0.579. The number of piperidine rings is 1. The van der Waals surface area contributed by atoms with E-state index >= 15 is 0 Å². The first-order chi connectivity index (χ1) is 12.1. The predicted molar refractivity (Wildman–Crippen MR) is 95.9 cm³/mol. The van der Waals surface area contributed by atoms with E-state index in [1.807, 2.05) is 48.1 Å². The maximum Gasteiger partial charge on any atom is 0.226 e. The number of furan rings is 1. The van der Waals surface area contributed by atoms with Crippen LogP contribution in [0.25, 0.3) is 0 Å². The third-order valence-electron chi connectivity index (χ3n) is 5.01. The molecule has 1 amide bonds. The van der Waals surface area contributed by atoms with Crippen molar-refractivity contribution < 1.29 is 9.21 Å². The van der Waals surface area contributed by atoms with E-state index in [-0.39, 0.29) is 11.8 Å². The molecule has 3 heterocycles. The summed E-state index contributed by atoms with van der Waals surface area (Å²) in [5, 5.41) is 0. The zero-order valence-corrected chi connectivity index (χ0v) is 15.2. The molecular weight excluding hydrogens is 316 g/mol. The number of likely N-dealkylation sites (tertiary alicyclic amines) is 1. The van der Waals surface area contributed by atoms with Gasteiger partial charge in [0.1, 0.15) is 11.6 Å². The maximum atomic E-state index is 12.8. The fourth-order valence-electron chi connectivity index (χ4n) is 3.56. The van der Waals surface area contributed by atoms with E-state index in [1.165, 1.54) is 0 Å². The Morgan fingerprint density at radius 3 is 3.08 bits per heavy atom. The Morgan fingerprint density at radius 2 is 2.36 bits per heavy atom. The summed E-state index contributed by atoms with van der Waals surface area (Å²) in [6.45, 7) is 3.43. The van der Waals surface area contributed by atoms with Crippen molar-refractivity contribution in [2.45, 2.75) is 32.2 Å². The van der Waals surface area contributed by atoms with Crippen LogP contribution in [0.4, 0.5) is 0 Å². The van der Waals surface area contributed by atoms with Crippen molar-refractivity contribution in [3.05, 3.63) is 42.4 Å². The highest BCUT2D eigenvalue weighted by Crippen LogP contribution is 2.20. The van der Waals surface area contributed by atoms with Gasteiger partial charge in [0.25, 0.3) is 0 Å². The molecule has 0 aromatic carbocycles. The summed E-state index contributed by atoms with van der Waals surface area (Å²) < 4.78 is 7.47. The standard InChI is InChI=1S/C19H28N4O2/c1-21-12-9-20-18(21)8-4-10-22(2)19(24)16-6-3-11-23(14-16)15-17-7-5-13-25-17/h5,7,9,12-13,16H,3-4,6,8,10-11,14-15H2,1-2H3/t16-/m1/s1. The minimum atomic E-state index is 0.0990. The zero-order valence-electron chi connectivity index (χ0n) is 15.2. The van der Waals surface area contributed by atoms with Crippen molar-refractivity contribution in [2.75, 3.05) is 26.7 Å². The molecule has 0 spiro atoms. The first kappa shape index (κ1) is 17.7. The molecule has 6 nitrogen and oxygen atoms in total. The van der Waals surface area contributed by atoms with Gasteiger partial charge in [0.15, 0.2) is 0 Å². The van der Waals surface area contributed by atoms with Crippen LogP contribution in [0.5, 0.6) is 0 Å². The summed E-state index contributed by atoms with van der Waals surface area (Å²) in [5.41, 5.74) is 0. The number of hydrogen-bond acceptors (Lipinski definition) is 4. The lowest BCUT2D eigenvalue weighted by Crippen LogP contribution is -2.43. The van der Waals surface area contributed by atoms with Crippen molar-refractivity contribution in [3.8, 4) is 0 Å². The van der Waals surface area contributed by atoms with Crippen LogP contribution < -0.4 is 0 Å². The summed E-state index contributed by atoms with van der Waals surface area (Å²) in [6.07, 6.45) is 9.37. The van der Waals surface area contributed by atoms with Gasteiger partial charge >= 0.3 is 0 Å². The third kappa shape index (κ3) is 4.72. The third-order valence-corrected chi connectivity index (χ3v) is 5.01. The number of nitrogens with zero attached hydrogens (tertiary/aromatic N) is 4. The van der Waals surface area contributed by atoms with Gasteiger partial charge in [-0.3, -0.25) is 9.69 Å². The highest BCUT2D eigenvalue weighted by molar-refractivity contribution is 5.78. The molecule has 1 aliphatic rings. The van der Waals surface area contributed by atoms with Gasteiger partial charge in [-0.05, 0) is 37.9 Å². The van der Waals surface area contributed by atoms with Gasteiger partial charge in [-0.15, -0.1) is 0 Å². The Hall–Kier alpha value is -2.08. The van der Waals surface area contributed by atoms with Crippen LogP contribution in [0, 0.1) is 5.92 Å². The normalized spacial score (nSPS) is 18.4. The molecule has 2 aromatic heterocycles. The minimum Gasteiger partial charge on any atom is -0.468 e. The Bertz CT molecular complexity index is 665. The van der Waals surface area contributed by atoms with E-state index in [0.717, 1.165) is 63.4 Å². The van der Waals surface area contributed by atoms with Crippen molar-refractivity contribution >= 4 is 5.91 Å². The van der Waals surface area contributed by atoms with Crippen molar-refractivity contribution in [1.82, 2.24) is 19.4 Å². The second-order valence-corrected chi connectivity index (χ2v) is 6.97. The molecule has 0 N–H and O–H groups in total. The zero-order chi connectivity index (χ0) is 17.6. The molecule has 6 heteroatoms. The Labute approximate surface area is 149 Å². The number of hydrogen-bond donors (Lipinski definition) is 0. The van der Waals surface area contributed by atoms with E-state index < -0.39 is 0 Å². The molecule has 0 bridgehead atoms. The molecular formula is C19H28N4O2. The van der Waals surface area contributed by atoms with Gasteiger partial charge in [-0.25, -0.2) is 4.98 Å². The highest BCUT2D eigenvalue weighted by Gasteiger charge is 2.28. The number of aromatic nitrogens is 2. The summed E-state index contributed by atoms with van der Waals surface area (Å²) in [5.74, 6) is 2.41. The van der Waals surface area contributed by atoms with Gasteiger partial charge in [0.2, 0.25) is 5.91 Å². The molecule has 2 aromatic rings. The molecule has 0 unspecified atom stereocenters. The van der Waals surface area contributed by atoms with Crippen LogP contribution in [0.15, 0.2) is 35.2 Å². The average molecular weight is 344 g/mol. The molecule has 25 heavy (non-hydrogen) atoms. The number of aryl methyl sites for hydroxylation is 2. The molecule has 1 atom stereocenters. The van der Waals surface area contributed by atoms with E-state index in [1.54, 1.807) is 6.26 Å². The van der Waals surface area contributed by atoms with Crippen LogP contribution in [0.3, 0.4) is 0 Å². The van der Waals surface area contributed by atoms with E-state index in [2.05, 4.69) is 9.88 Å². The van der Waals surface area contributed by atoms with Gasteiger partial charge in [0, 0.05) is 46.0 Å². The monoisotopic (exact) mass is 344 g/mol. The largest absolute Gasteiger partial charge is 0.468 e. The van der Waals surface area contributed by atoms with Crippen molar-refractivity contribution in [2.24, 2.45) is 13.0 Å². The number of rotatable bonds is 7. The van der Waals surface area contributed by atoms with Crippen LogP contribution in [-0.4, -0.2) is 51.9 Å². The Morgan fingerprint density at radius 1 is 1.48 bits per heavy atom.